The predicted molar refractivity (Wildman–Crippen MR) is 130 cm³/mol. The molecule has 0 fully saturated rings. The summed E-state index contributed by atoms with van der Waals surface area (Å²) in [5, 5.41) is 19.9. The van der Waals surface area contributed by atoms with Crippen LogP contribution in [0.25, 0.3) is 5.57 Å². The standard InChI is InChI=1S/C24H27N3O4S/c1-3-19-14-27(24(30)26-18-7-5-4-6-8-18)20-11-10-17(13-21(20)31-19)16(2)9-12-22(25)32-15-23(28)29/h4-11,13,19,25H,3,12,14-15H2,1-2H3,(H,26,30)(H,28,29)/b16-9+,25-22?. The number of nitrogens with zero attached hydrogens (tertiary/aromatic N) is 1. The molecule has 8 heteroatoms. The number of benzene rings is 2. The lowest BCUT2D eigenvalue weighted by atomic mass is 10.0. The van der Waals surface area contributed by atoms with E-state index in [2.05, 4.69) is 5.32 Å². The van der Waals surface area contributed by atoms with Crippen LogP contribution in [0.3, 0.4) is 0 Å². The number of rotatable bonds is 7. The number of urea groups is 1. The summed E-state index contributed by atoms with van der Waals surface area (Å²) in [4.78, 5) is 25.3. The molecule has 0 bridgehead atoms. The van der Waals surface area contributed by atoms with Gasteiger partial charge in [0.05, 0.1) is 23.0 Å². The highest BCUT2D eigenvalue weighted by Gasteiger charge is 2.29. The SMILES string of the molecule is CCC1CN(C(=O)Nc2ccccc2)c2ccc(/C(C)=C/CC(=N)SCC(=O)O)cc2O1. The first-order chi connectivity index (χ1) is 15.4. The molecule has 7 nitrogen and oxygen atoms in total. The van der Waals surface area contributed by atoms with Crippen LogP contribution in [0.1, 0.15) is 32.3 Å². The van der Waals surface area contributed by atoms with E-state index in [1.54, 1.807) is 4.90 Å². The Labute approximate surface area is 192 Å². The number of carboxylic acid groups (broad SMARTS) is 1. The van der Waals surface area contributed by atoms with Gasteiger partial charge in [0.25, 0.3) is 0 Å². The van der Waals surface area contributed by atoms with Crippen molar-refractivity contribution < 1.29 is 19.4 Å². The van der Waals surface area contributed by atoms with Gasteiger partial charge in [-0.25, -0.2) is 4.79 Å². The maximum Gasteiger partial charge on any atom is 0.326 e. The van der Waals surface area contributed by atoms with E-state index >= 15 is 0 Å². The lowest BCUT2D eigenvalue weighted by Gasteiger charge is -2.35. The molecule has 3 rings (SSSR count). The Bertz CT molecular complexity index is 1020. The van der Waals surface area contributed by atoms with E-state index in [9.17, 15) is 9.59 Å². The number of fused-ring (bicyclic) bond motifs is 1. The molecule has 168 valence electrons. The first-order valence-electron chi connectivity index (χ1n) is 10.4. The number of allylic oxidation sites excluding steroid dienone is 2. The van der Waals surface area contributed by atoms with Crippen molar-refractivity contribution in [1.82, 2.24) is 0 Å². The zero-order valence-corrected chi connectivity index (χ0v) is 18.9. The van der Waals surface area contributed by atoms with Crippen LogP contribution in [-0.4, -0.2) is 40.6 Å². The normalized spacial score (nSPS) is 15.5. The molecule has 32 heavy (non-hydrogen) atoms. The molecule has 0 spiro atoms. The van der Waals surface area contributed by atoms with E-state index in [1.165, 1.54) is 0 Å². The highest BCUT2D eigenvalue weighted by molar-refractivity contribution is 8.14. The number of para-hydroxylation sites is 1. The van der Waals surface area contributed by atoms with Crippen LogP contribution < -0.4 is 15.0 Å². The van der Waals surface area contributed by atoms with E-state index in [-0.39, 0.29) is 17.9 Å². The molecule has 3 N–H and O–H groups in total. The van der Waals surface area contributed by atoms with Gasteiger partial charge in [-0.15, -0.1) is 0 Å². The summed E-state index contributed by atoms with van der Waals surface area (Å²) in [7, 11) is 0. The molecule has 0 saturated heterocycles. The molecule has 1 unspecified atom stereocenters. The van der Waals surface area contributed by atoms with E-state index in [0.717, 1.165) is 35.0 Å². The van der Waals surface area contributed by atoms with Crippen molar-refractivity contribution in [1.29, 1.82) is 5.41 Å². The first kappa shape index (κ1) is 23.4. The second-order valence-electron chi connectivity index (χ2n) is 7.43. The van der Waals surface area contributed by atoms with E-state index in [4.69, 9.17) is 15.3 Å². The molecule has 0 saturated carbocycles. The molecule has 0 aromatic heterocycles. The van der Waals surface area contributed by atoms with Crippen LogP contribution in [0.5, 0.6) is 5.75 Å². The van der Waals surface area contributed by atoms with Crippen molar-refractivity contribution in [3.05, 3.63) is 60.2 Å². The lowest BCUT2D eigenvalue weighted by molar-refractivity contribution is -0.133. The Morgan fingerprint density at radius 3 is 2.72 bits per heavy atom. The summed E-state index contributed by atoms with van der Waals surface area (Å²) in [6.45, 7) is 4.43. The molecule has 1 aliphatic heterocycles. The maximum absolute atomic E-state index is 13.0. The summed E-state index contributed by atoms with van der Waals surface area (Å²) >= 11 is 1.02. The third kappa shape index (κ3) is 6.13. The molecule has 0 aliphatic carbocycles. The van der Waals surface area contributed by atoms with Crippen molar-refractivity contribution in [2.45, 2.75) is 32.8 Å². The van der Waals surface area contributed by atoms with Crippen LogP contribution >= 0.6 is 11.8 Å². The topological polar surface area (TPSA) is 103 Å². The third-order valence-electron chi connectivity index (χ3n) is 5.07. The Morgan fingerprint density at radius 2 is 2.03 bits per heavy atom. The number of thioether (sulfide) groups is 1. The lowest BCUT2D eigenvalue weighted by Crippen LogP contribution is -2.45. The smallest absolute Gasteiger partial charge is 0.326 e. The van der Waals surface area contributed by atoms with Crippen molar-refractivity contribution in [2.75, 3.05) is 22.5 Å². The van der Waals surface area contributed by atoms with Gasteiger partial charge < -0.3 is 15.2 Å². The number of aliphatic carboxylic acids is 1. The van der Waals surface area contributed by atoms with Gasteiger partial charge in [0, 0.05) is 12.1 Å². The number of ether oxygens (including phenoxy) is 1. The predicted octanol–water partition coefficient (Wildman–Crippen LogP) is 5.48. The van der Waals surface area contributed by atoms with Crippen LogP contribution in [0.4, 0.5) is 16.2 Å². The molecular weight excluding hydrogens is 426 g/mol. The number of carbonyl (C=O) groups is 2. The minimum Gasteiger partial charge on any atom is -0.486 e. The van der Waals surface area contributed by atoms with Gasteiger partial charge in [-0.3, -0.25) is 15.1 Å². The summed E-state index contributed by atoms with van der Waals surface area (Å²) in [6.07, 6.45) is 2.93. The maximum atomic E-state index is 13.0. The number of carboxylic acids is 1. The summed E-state index contributed by atoms with van der Waals surface area (Å²) in [6, 6.07) is 14.9. The average Bonchev–Trinajstić information content (AvgIpc) is 2.80. The summed E-state index contributed by atoms with van der Waals surface area (Å²) in [5.74, 6) is -0.400. The zero-order chi connectivity index (χ0) is 23.1. The number of hydrogen-bond acceptors (Lipinski definition) is 5. The molecule has 2 aromatic carbocycles. The van der Waals surface area contributed by atoms with Crippen LogP contribution in [0.15, 0.2) is 54.6 Å². The fourth-order valence-corrected chi connectivity index (χ4v) is 3.78. The second-order valence-corrected chi connectivity index (χ2v) is 8.50. The highest BCUT2D eigenvalue weighted by Crippen LogP contribution is 2.37. The van der Waals surface area contributed by atoms with Gasteiger partial charge in [0.1, 0.15) is 11.9 Å². The van der Waals surface area contributed by atoms with Crippen molar-refractivity contribution >= 4 is 45.8 Å². The minimum atomic E-state index is -0.932. The molecular formula is C24H27N3O4S. The molecule has 1 aliphatic rings. The molecule has 1 heterocycles. The monoisotopic (exact) mass is 453 g/mol. The molecule has 2 aromatic rings. The zero-order valence-electron chi connectivity index (χ0n) is 18.1. The molecule has 1 atom stereocenters. The van der Waals surface area contributed by atoms with Gasteiger partial charge in [-0.2, -0.15) is 0 Å². The van der Waals surface area contributed by atoms with E-state index in [1.807, 2.05) is 68.5 Å². The number of nitrogens with one attached hydrogen (secondary N) is 2. The Morgan fingerprint density at radius 1 is 1.28 bits per heavy atom. The fraction of sp³-hybridized carbons (Fsp3) is 0.292. The quantitative estimate of drug-likeness (QED) is 0.380. The third-order valence-corrected chi connectivity index (χ3v) is 5.98. The van der Waals surface area contributed by atoms with Crippen molar-refractivity contribution in [3.63, 3.8) is 0 Å². The van der Waals surface area contributed by atoms with Gasteiger partial charge >= 0.3 is 12.0 Å². The van der Waals surface area contributed by atoms with Crippen molar-refractivity contribution in [3.8, 4) is 5.75 Å². The van der Waals surface area contributed by atoms with E-state index in [0.29, 0.717) is 29.4 Å². The fourth-order valence-electron chi connectivity index (χ4n) is 3.28. The summed E-state index contributed by atoms with van der Waals surface area (Å²) < 4.78 is 6.13. The Balaban J connectivity index is 1.77. The number of anilines is 2. The average molecular weight is 454 g/mol. The number of amides is 2. The highest BCUT2D eigenvalue weighted by atomic mass is 32.2. The molecule has 0 radical (unpaired) electrons. The number of carbonyl (C=O) groups excluding carboxylic acids is 1. The van der Waals surface area contributed by atoms with Gasteiger partial charge in [0.2, 0.25) is 0 Å². The Kier molecular flexibility index (Phi) is 7.94. The van der Waals surface area contributed by atoms with Gasteiger partial charge in [0.15, 0.2) is 0 Å². The van der Waals surface area contributed by atoms with Crippen LogP contribution in [-0.2, 0) is 4.79 Å². The largest absolute Gasteiger partial charge is 0.486 e. The first-order valence-corrected chi connectivity index (χ1v) is 11.4. The van der Waals surface area contributed by atoms with Gasteiger partial charge in [-0.1, -0.05) is 49.0 Å². The van der Waals surface area contributed by atoms with Crippen LogP contribution in [0, 0.1) is 5.41 Å². The second kappa shape index (κ2) is 10.9. The van der Waals surface area contributed by atoms with Gasteiger partial charge in [-0.05, 0) is 48.7 Å². The molecule has 2 amide bonds. The number of hydrogen-bond donors (Lipinski definition) is 3. The Hall–Kier alpha value is -3.26. The van der Waals surface area contributed by atoms with E-state index < -0.39 is 5.97 Å². The summed E-state index contributed by atoms with van der Waals surface area (Å²) in [5.41, 5.74) is 3.33. The minimum absolute atomic E-state index is 0.107. The van der Waals surface area contributed by atoms with Crippen LogP contribution in [0.2, 0.25) is 0 Å². The van der Waals surface area contributed by atoms with Crippen molar-refractivity contribution in [2.24, 2.45) is 0 Å².